The minimum absolute atomic E-state index is 0.129. The number of carbonyl (C=O) groups is 1. The van der Waals surface area contributed by atoms with Gasteiger partial charge in [-0.1, -0.05) is 0 Å². The first-order chi connectivity index (χ1) is 10.9. The standard InChI is InChI=1S/C17H30N2O3S/c1-17(2,3)22-16(20)19-13-12-5-4-7-21-15(12)14(13)18-9-11-6-8-23-10-11/h11-15,18H,4-10H2,1-3H3,(H,19,20). The first-order valence-electron chi connectivity index (χ1n) is 8.86. The summed E-state index contributed by atoms with van der Waals surface area (Å²) in [7, 11) is 0. The van der Waals surface area contributed by atoms with Crippen LogP contribution in [-0.4, -0.2) is 54.5 Å². The van der Waals surface area contributed by atoms with Gasteiger partial charge in [-0.25, -0.2) is 4.79 Å². The zero-order valence-electron chi connectivity index (χ0n) is 14.5. The largest absolute Gasteiger partial charge is 0.444 e. The SMILES string of the molecule is CC(C)(C)OC(=O)NC1C2CCCOC2C1NCC1CCSC1. The number of carbonyl (C=O) groups excluding carboxylic acids is 1. The molecule has 132 valence electrons. The maximum atomic E-state index is 12.1. The molecule has 1 aliphatic carbocycles. The summed E-state index contributed by atoms with van der Waals surface area (Å²) >= 11 is 2.04. The van der Waals surface area contributed by atoms with Crippen molar-refractivity contribution in [2.24, 2.45) is 11.8 Å². The molecule has 0 spiro atoms. The van der Waals surface area contributed by atoms with Crippen LogP contribution in [0.5, 0.6) is 0 Å². The van der Waals surface area contributed by atoms with Crippen LogP contribution in [-0.2, 0) is 9.47 Å². The minimum Gasteiger partial charge on any atom is -0.444 e. The van der Waals surface area contributed by atoms with Crippen molar-refractivity contribution in [2.75, 3.05) is 24.7 Å². The first-order valence-corrected chi connectivity index (χ1v) is 10.0. The number of fused-ring (bicyclic) bond motifs is 1. The Labute approximate surface area is 143 Å². The molecule has 5 atom stereocenters. The Morgan fingerprint density at radius 3 is 2.83 bits per heavy atom. The fraction of sp³-hybridized carbons (Fsp3) is 0.941. The van der Waals surface area contributed by atoms with E-state index in [0.717, 1.165) is 31.9 Å². The number of alkyl carbamates (subject to hydrolysis) is 1. The molecule has 0 aromatic heterocycles. The Bertz CT molecular complexity index is 421. The van der Waals surface area contributed by atoms with E-state index in [4.69, 9.17) is 9.47 Å². The maximum absolute atomic E-state index is 12.1. The summed E-state index contributed by atoms with van der Waals surface area (Å²) < 4.78 is 11.4. The van der Waals surface area contributed by atoms with Gasteiger partial charge in [0.25, 0.3) is 0 Å². The zero-order chi connectivity index (χ0) is 16.4. The molecule has 2 N–H and O–H groups in total. The van der Waals surface area contributed by atoms with Gasteiger partial charge in [0, 0.05) is 12.5 Å². The molecule has 1 amide bonds. The van der Waals surface area contributed by atoms with Crippen molar-refractivity contribution in [3.8, 4) is 0 Å². The highest BCUT2D eigenvalue weighted by atomic mass is 32.2. The molecule has 0 aromatic rings. The van der Waals surface area contributed by atoms with Crippen LogP contribution in [0.3, 0.4) is 0 Å². The van der Waals surface area contributed by atoms with E-state index in [-0.39, 0.29) is 24.3 Å². The highest BCUT2D eigenvalue weighted by molar-refractivity contribution is 7.99. The summed E-state index contributed by atoms with van der Waals surface area (Å²) in [5, 5.41) is 6.76. The van der Waals surface area contributed by atoms with Gasteiger partial charge in [-0.05, 0) is 64.0 Å². The van der Waals surface area contributed by atoms with E-state index in [1.807, 2.05) is 32.5 Å². The lowest BCUT2D eigenvalue weighted by Crippen LogP contribution is -2.73. The van der Waals surface area contributed by atoms with E-state index in [1.165, 1.54) is 17.9 Å². The molecule has 1 saturated carbocycles. The fourth-order valence-corrected chi connectivity index (χ4v) is 5.12. The van der Waals surface area contributed by atoms with Crippen molar-refractivity contribution in [1.82, 2.24) is 10.6 Å². The Hall–Kier alpha value is -0.460. The fourth-order valence-electron chi connectivity index (χ4n) is 3.84. The zero-order valence-corrected chi connectivity index (χ0v) is 15.3. The number of nitrogens with one attached hydrogen (secondary N) is 2. The van der Waals surface area contributed by atoms with E-state index in [0.29, 0.717) is 5.92 Å². The molecule has 5 nitrogen and oxygen atoms in total. The second kappa shape index (κ2) is 7.19. The second-order valence-corrected chi connectivity index (χ2v) is 9.13. The molecule has 3 aliphatic rings. The molecule has 0 bridgehead atoms. The summed E-state index contributed by atoms with van der Waals surface area (Å²) in [4.78, 5) is 12.1. The van der Waals surface area contributed by atoms with Crippen LogP contribution < -0.4 is 10.6 Å². The van der Waals surface area contributed by atoms with Crippen LogP contribution in [0.15, 0.2) is 0 Å². The van der Waals surface area contributed by atoms with Gasteiger partial charge < -0.3 is 20.1 Å². The van der Waals surface area contributed by atoms with E-state index >= 15 is 0 Å². The highest BCUT2D eigenvalue weighted by Crippen LogP contribution is 2.38. The second-order valence-electron chi connectivity index (χ2n) is 7.98. The van der Waals surface area contributed by atoms with Crippen LogP contribution in [0.25, 0.3) is 0 Å². The smallest absolute Gasteiger partial charge is 0.407 e. The molecule has 2 heterocycles. The van der Waals surface area contributed by atoms with E-state index in [2.05, 4.69) is 10.6 Å². The lowest BCUT2D eigenvalue weighted by molar-refractivity contribution is -0.128. The van der Waals surface area contributed by atoms with E-state index < -0.39 is 5.60 Å². The molecule has 2 saturated heterocycles. The van der Waals surface area contributed by atoms with Gasteiger partial charge >= 0.3 is 6.09 Å². The van der Waals surface area contributed by atoms with Crippen molar-refractivity contribution in [3.63, 3.8) is 0 Å². The third kappa shape index (κ3) is 4.34. The van der Waals surface area contributed by atoms with Gasteiger partial charge in [-0.3, -0.25) is 0 Å². The topological polar surface area (TPSA) is 59.6 Å². The molecule has 5 unspecified atom stereocenters. The normalized spacial score (nSPS) is 36.9. The number of ether oxygens (including phenoxy) is 2. The Morgan fingerprint density at radius 2 is 2.13 bits per heavy atom. The monoisotopic (exact) mass is 342 g/mol. The number of thioether (sulfide) groups is 1. The highest BCUT2D eigenvalue weighted by Gasteiger charge is 2.53. The third-order valence-electron chi connectivity index (χ3n) is 4.97. The first kappa shape index (κ1) is 17.4. The number of amides is 1. The molecule has 6 heteroatoms. The maximum Gasteiger partial charge on any atom is 0.407 e. The van der Waals surface area contributed by atoms with Crippen molar-refractivity contribution >= 4 is 17.9 Å². The number of rotatable bonds is 4. The predicted octanol–water partition coefficient (Wildman–Crippen LogP) is 2.40. The average Bonchev–Trinajstić information content (AvgIpc) is 2.97. The van der Waals surface area contributed by atoms with Gasteiger partial charge in [0.2, 0.25) is 0 Å². The predicted molar refractivity (Wildman–Crippen MR) is 92.8 cm³/mol. The molecular formula is C17H30N2O3S. The summed E-state index contributed by atoms with van der Waals surface area (Å²) in [6.07, 6.45) is 3.44. The van der Waals surface area contributed by atoms with Crippen LogP contribution in [0.1, 0.15) is 40.0 Å². The average molecular weight is 343 g/mol. The van der Waals surface area contributed by atoms with Crippen molar-refractivity contribution in [2.45, 2.75) is 63.8 Å². The van der Waals surface area contributed by atoms with Crippen LogP contribution in [0.4, 0.5) is 4.79 Å². The molecule has 23 heavy (non-hydrogen) atoms. The van der Waals surface area contributed by atoms with Crippen molar-refractivity contribution in [3.05, 3.63) is 0 Å². The van der Waals surface area contributed by atoms with Gasteiger partial charge in [0.15, 0.2) is 0 Å². The molecule has 2 aliphatic heterocycles. The quantitative estimate of drug-likeness (QED) is 0.821. The van der Waals surface area contributed by atoms with Crippen molar-refractivity contribution < 1.29 is 14.3 Å². The molecule has 3 fully saturated rings. The molecule has 0 radical (unpaired) electrons. The summed E-state index contributed by atoms with van der Waals surface area (Å²) in [6.45, 7) is 7.56. The van der Waals surface area contributed by atoms with Crippen LogP contribution >= 0.6 is 11.8 Å². The molecular weight excluding hydrogens is 312 g/mol. The van der Waals surface area contributed by atoms with Crippen LogP contribution in [0.2, 0.25) is 0 Å². The minimum atomic E-state index is -0.458. The van der Waals surface area contributed by atoms with Crippen molar-refractivity contribution in [1.29, 1.82) is 0 Å². The lowest BCUT2D eigenvalue weighted by Gasteiger charge is -2.54. The third-order valence-corrected chi connectivity index (χ3v) is 6.20. The number of hydrogen-bond acceptors (Lipinski definition) is 5. The van der Waals surface area contributed by atoms with Crippen LogP contribution in [0, 0.1) is 11.8 Å². The summed E-state index contributed by atoms with van der Waals surface area (Å²) in [5.41, 5.74) is -0.458. The number of hydrogen-bond donors (Lipinski definition) is 2. The summed E-state index contributed by atoms with van der Waals surface area (Å²) in [5.74, 6) is 3.70. The van der Waals surface area contributed by atoms with E-state index in [9.17, 15) is 4.79 Å². The Morgan fingerprint density at radius 1 is 1.30 bits per heavy atom. The Balaban J connectivity index is 1.55. The van der Waals surface area contributed by atoms with Gasteiger partial charge in [0.1, 0.15) is 5.60 Å². The molecule has 0 aromatic carbocycles. The van der Waals surface area contributed by atoms with Gasteiger partial charge in [-0.15, -0.1) is 0 Å². The molecule has 3 rings (SSSR count). The van der Waals surface area contributed by atoms with E-state index in [1.54, 1.807) is 0 Å². The van der Waals surface area contributed by atoms with Gasteiger partial charge in [-0.2, -0.15) is 11.8 Å². The van der Waals surface area contributed by atoms with Gasteiger partial charge in [0.05, 0.1) is 18.2 Å². The summed E-state index contributed by atoms with van der Waals surface area (Å²) in [6, 6.07) is 0.350. The lowest BCUT2D eigenvalue weighted by atomic mass is 9.68. The Kier molecular flexibility index (Phi) is 5.43.